The number of nitrogens with zero attached hydrogens (tertiary/aromatic N) is 2. The van der Waals surface area contributed by atoms with Crippen molar-refractivity contribution < 1.29 is 14.3 Å². The fraction of sp³-hybridized carbons (Fsp3) is 0.556. The first-order valence-electron chi connectivity index (χ1n) is 8.53. The minimum Gasteiger partial charge on any atom is -0.370 e. The monoisotopic (exact) mass is 392 g/mol. The zero-order valence-corrected chi connectivity index (χ0v) is 15.1. The van der Waals surface area contributed by atoms with Crippen LogP contribution < -0.4 is 0 Å². The van der Waals surface area contributed by atoms with Crippen LogP contribution >= 0.6 is 15.9 Å². The van der Waals surface area contributed by atoms with Crippen molar-refractivity contribution in [1.29, 1.82) is 0 Å². The van der Waals surface area contributed by atoms with Crippen LogP contribution in [0.1, 0.15) is 24.3 Å². The molecule has 0 spiro atoms. The molecule has 3 aliphatic rings. The maximum Gasteiger partial charge on any atom is 0.320 e. The number of hydrogen-bond acceptors (Lipinski definition) is 3. The first-order valence-corrected chi connectivity index (χ1v) is 9.32. The highest BCUT2D eigenvalue weighted by atomic mass is 79.9. The molecule has 0 radical (unpaired) electrons. The molecule has 0 bridgehead atoms. The second-order valence-electron chi connectivity index (χ2n) is 7.03. The average Bonchev–Trinajstić information content (AvgIpc) is 2.52. The van der Waals surface area contributed by atoms with Gasteiger partial charge in [0.25, 0.3) is 0 Å². The summed E-state index contributed by atoms with van der Waals surface area (Å²) in [6.45, 7) is 3.17. The van der Waals surface area contributed by atoms with Crippen LogP contribution in [0, 0.1) is 5.92 Å². The zero-order chi connectivity index (χ0) is 16.7. The van der Waals surface area contributed by atoms with Crippen LogP contribution in [0.4, 0.5) is 4.79 Å². The third-order valence-corrected chi connectivity index (χ3v) is 5.85. The lowest BCUT2D eigenvalue weighted by Gasteiger charge is -2.46. The van der Waals surface area contributed by atoms with E-state index in [1.54, 1.807) is 0 Å². The number of urea groups is 1. The summed E-state index contributed by atoms with van der Waals surface area (Å²) < 4.78 is 6.68. The average molecular weight is 393 g/mol. The SMILES string of the molecule is O=C1CO[C@H]2CCN(C(=O)N3CC(c4cccc(Br)c4)C3)C[C@H]2C1. The molecule has 128 valence electrons. The fourth-order valence-electron chi connectivity index (χ4n) is 3.96. The van der Waals surface area contributed by atoms with Gasteiger partial charge in [0.2, 0.25) is 0 Å². The standard InChI is InChI=1S/C18H21BrN2O3/c19-15-3-1-2-12(6-15)14-9-21(10-14)18(23)20-5-4-17-13(8-20)7-16(22)11-24-17/h1-3,6,13-14,17H,4-5,7-11H2/t13-,17+/m1/s1. The Balaban J connectivity index is 1.33. The highest BCUT2D eigenvalue weighted by Crippen LogP contribution is 2.32. The number of ketones is 1. The number of ether oxygens (including phenoxy) is 1. The van der Waals surface area contributed by atoms with E-state index in [0.717, 1.165) is 30.5 Å². The van der Waals surface area contributed by atoms with E-state index in [1.165, 1.54) is 5.56 Å². The van der Waals surface area contributed by atoms with E-state index >= 15 is 0 Å². The van der Waals surface area contributed by atoms with Crippen molar-refractivity contribution in [2.45, 2.75) is 24.9 Å². The lowest BCUT2D eigenvalue weighted by molar-refractivity contribution is -0.140. The highest BCUT2D eigenvalue weighted by molar-refractivity contribution is 9.10. The summed E-state index contributed by atoms with van der Waals surface area (Å²) in [4.78, 5) is 28.1. The summed E-state index contributed by atoms with van der Waals surface area (Å²) >= 11 is 3.50. The van der Waals surface area contributed by atoms with Gasteiger partial charge in [-0.1, -0.05) is 28.1 Å². The van der Waals surface area contributed by atoms with E-state index in [1.807, 2.05) is 21.9 Å². The summed E-state index contributed by atoms with van der Waals surface area (Å²) in [5.41, 5.74) is 1.28. The maximum atomic E-state index is 12.7. The Hall–Kier alpha value is -1.40. The van der Waals surface area contributed by atoms with Gasteiger partial charge < -0.3 is 14.5 Å². The minimum atomic E-state index is 0.109. The van der Waals surface area contributed by atoms with Crippen LogP contribution in [0.15, 0.2) is 28.7 Å². The summed E-state index contributed by atoms with van der Waals surface area (Å²) in [6, 6.07) is 8.41. The van der Waals surface area contributed by atoms with Crippen LogP contribution in [0.5, 0.6) is 0 Å². The molecule has 3 fully saturated rings. The maximum absolute atomic E-state index is 12.7. The largest absolute Gasteiger partial charge is 0.370 e. The van der Waals surface area contributed by atoms with Crippen molar-refractivity contribution in [1.82, 2.24) is 9.80 Å². The van der Waals surface area contributed by atoms with E-state index in [2.05, 4.69) is 28.1 Å². The molecule has 2 amide bonds. The molecule has 2 atom stereocenters. The molecule has 0 aliphatic carbocycles. The van der Waals surface area contributed by atoms with Gasteiger partial charge >= 0.3 is 6.03 Å². The van der Waals surface area contributed by atoms with Gasteiger partial charge in [0, 0.05) is 48.9 Å². The Morgan fingerprint density at radius 3 is 2.83 bits per heavy atom. The quantitative estimate of drug-likeness (QED) is 0.737. The summed E-state index contributed by atoms with van der Waals surface area (Å²) in [7, 11) is 0. The molecular weight excluding hydrogens is 372 g/mol. The van der Waals surface area contributed by atoms with Gasteiger partial charge in [0.05, 0.1) is 6.10 Å². The zero-order valence-electron chi connectivity index (χ0n) is 13.5. The Labute approximate surface area is 150 Å². The second-order valence-corrected chi connectivity index (χ2v) is 7.94. The predicted molar refractivity (Wildman–Crippen MR) is 92.9 cm³/mol. The first kappa shape index (κ1) is 16.1. The number of benzene rings is 1. The molecule has 3 heterocycles. The third kappa shape index (κ3) is 3.09. The number of piperidine rings is 1. The molecule has 4 rings (SSSR count). The van der Waals surface area contributed by atoms with Gasteiger partial charge in [-0.25, -0.2) is 4.79 Å². The van der Waals surface area contributed by atoms with Crippen molar-refractivity contribution in [3.05, 3.63) is 34.3 Å². The van der Waals surface area contributed by atoms with Crippen molar-refractivity contribution in [3.63, 3.8) is 0 Å². The summed E-state index contributed by atoms with van der Waals surface area (Å²) in [5.74, 6) is 0.749. The van der Waals surface area contributed by atoms with Gasteiger partial charge in [-0.2, -0.15) is 0 Å². The smallest absolute Gasteiger partial charge is 0.320 e. The van der Waals surface area contributed by atoms with Crippen molar-refractivity contribution in [2.24, 2.45) is 5.92 Å². The molecule has 0 saturated carbocycles. The van der Waals surface area contributed by atoms with Gasteiger partial charge in [0.1, 0.15) is 6.61 Å². The molecule has 0 aromatic heterocycles. The summed E-state index contributed by atoms with van der Waals surface area (Å²) in [5, 5.41) is 0. The van der Waals surface area contributed by atoms with Gasteiger partial charge in [0.15, 0.2) is 5.78 Å². The lowest BCUT2D eigenvalue weighted by Crippen LogP contribution is -2.58. The molecule has 1 aromatic carbocycles. The minimum absolute atomic E-state index is 0.109. The lowest BCUT2D eigenvalue weighted by atomic mass is 9.87. The van der Waals surface area contributed by atoms with Gasteiger partial charge in [-0.15, -0.1) is 0 Å². The number of hydrogen-bond donors (Lipinski definition) is 0. The van der Waals surface area contributed by atoms with E-state index in [4.69, 9.17) is 4.74 Å². The Morgan fingerprint density at radius 1 is 1.21 bits per heavy atom. The molecular formula is C18H21BrN2O3. The first-order chi connectivity index (χ1) is 11.6. The number of carbonyl (C=O) groups excluding carboxylic acids is 2. The van der Waals surface area contributed by atoms with E-state index in [0.29, 0.717) is 18.9 Å². The van der Waals surface area contributed by atoms with Crippen molar-refractivity contribution >= 4 is 27.7 Å². The number of Topliss-reactive ketones (excluding diaryl/α,β-unsaturated/α-hetero) is 1. The highest BCUT2D eigenvalue weighted by Gasteiger charge is 2.40. The number of fused-ring (bicyclic) bond motifs is 1. The normalized spacial score (nSPS) is 27.6. The topological polar surface area (TPSA) is 49.9 Å². The Bertz CT molecular complexity index is 659. The third-order valence-electron chi connectivity index (χ3n) is 5.36. The number of halogens is 1. The number of likely N-dealkylation sites (tertiary alicyclic amines) is 2. The molecule has 0 unspecified atom stereocenters. The number of rotatable bonds is 1. The van der Waals surface area contributed by atoms with E-state index < -0.39 is 0 Å². The molecule has 6 heteroatoms. The fourth-order valence-corrected chi connectivity index (χ4v) is 4.37. The van der Waals surface area contributed by atoms with Gasteiger partial charge in [-0.05, 0) is 24.1 Å². The molecule has 0 N–H and O–H groups in total. The Kier molecular flexibility index (Phi) is 4.35. The van der Waals surface area contributed by atoms with E-state index in [-0.39, 0.29) is 30.4 Å². The van der Waals surface area contributed by atoms with Crippen LogP contribution in [0.25, 0.3) is 0 Å². The number of amides is 2. The second kappa shape index (κ2) is 6.48. The Morgan fingerprint density at radius 2 is 2.04 bits per heavy atom. The predicted octanol–water partition coefficient (Wildman–Crippen LogP) is 2.65. The molecule has 1 aromatic rings. The molecule has 24 heavy (non-hydrogen) atoms. The van der Waals surface area contributed by atoms with Crippen molar-refractivity contribution in [2.75, 3.05) is 32.8 Å². The molecule has 5 nitrogen and oxygen atoms in total. The molecule has 3 saturated heterocycles. The van der Waals surface area contributed by atoms with Gasteiger partial charge in [-0.3, -0.25) is 4.79 Å². The summed E-state index contributed by atoms with van der Waals surface area (Å²) in [6.07, 6.45) is 1.54. The number of carbonyl (C=O) groups is 2. The molecule has 3 aliphatic heterocycles. The van der Waals surface area contributed by atoms with Crippen LogP contribution in [0.3, 0.4) is 0 Å². The van der Waals surface area contributed by atoms with Crippen molar-refractivity contribution in [3.8, 4) is 0 Å². The van der Waals surface area contributed by atoms with Crippen LogP contribution in [-0.2, 0) is 9.53 Å². The van der Waals surface area contributed by atoms with Crippen LogP contribution in [0.2, 0.25) is 0 Å². The van der Waals surface area contributed by atoms with E-state index in [9.17, 15) is 9.59 Å². The van der Waals surface area contributed by atoms with Crippen LogP contribution in [-0.4, -0.2) is 60.5 Å².